The van der Waals surface area contributed by atoms with Gasteiger partial charge in [0.25, 0.3) is 5.91 Å². The van der Waals surface area contributed by atoms with E-state index in [4.69, 9.17) is 16.7 Å². The third kappa shape index (κ3) is 9.14. The van der Waals surface area contributed by atoms with Crippen molar-refractivity contribution in [3.05, 3.63) is 106 Å². The number of halogens is 1. The van der Waals surface area contributed by atoms with Crippen molar-refractivity contribution in [2.75, 3.05) is 26.2 Å². The molecule has 0 aliphatic rings. The van der Waals surface area contributed by atoms with E-state index in [0.29, 0.717) is 16.1 Å². The molecule has 3 rings (SSSR count). The minimum absolute atomic E-state index is 0.0197. The van der Waals surface area contributed by atoms with Gasteiger partial charge in [-0.1, -0.05) is 72.3 Å². The van der Waals surface area contributed by atoms with E-state index in [9.17, 15) is 14.4 Å². The summed E-state index contributed by atoms with van der Waals surface area (Å²) in [6, 6.07) is 21.7. The van der Waals surface area contributed by atoms with Crippen LogP contribution in [0, 0.1) is 0 Å². The van der Waals surface area contributed by atoms with Gasteiger partial charge < -0.3 is 15.7 Å². The van der Waals surface area contributed by atoms with Crippen LogP contribution in [0.5, 0.6) is 0 Å². The lowest BCUT2D eigenvalue weighted by atomic mass is 10.1. The number of hydrogen-bond acceptors (Lipinski definition) is 5. The Balaban J connectivity index is 1.50. The molecule has 3 aromatic rings. The molecule has 37 heavy (non-hydrogen) atoms. The molecular formula is C29H28ClN3O4. The molecule has 0 bridgehead atoms. The molecule has 2 amide bonds. The predicted molar refractivity (Wildman–Crippen MR) is 147 cm³/mol. The minimum Gasteiger partial charge on any atom is -0.395 e. The topological polar surface area (TPSA) is 108 Å². The van der Waals surface area contributed by atoms with E-state index in [1.54, 1.807) is 30.5 Å². The second kappa shape index (κ2) is 14.5. The van der Waals surface area contributed by atoms with Crippen LogP contribution >= 0.6 is 11.6 Å². The molecule has 0 saturated carbocycles. The number of ketones is 1. The van der Waals surface area contributed by atoms with Crippen molar-refractivity contribution in [2.24, 2.45) is 4.99 Å². The lowest BCUT2D eigenvalue weighted by molar-refractivity contribution is -0.121. The summed E-state index contributed by atoms with van der Waals surface area (Å²) in [6.07, 6.45) is 5.68. The van der Waals surface area contributed by atoms with E-state index >= 15 is 0 Å². The van der Waals surface area contributed by atoms with E-state index in [0.717, 1.165) is 16.7 Å². The lowest BCUT2D eigenvalue weighted by Crippen LogP contribution is -2.32. The molecule has 3 aromatic carbocycles. The Morgan fingerprint density at radius 2 is 1.57 bits per heavy atom. The highest BCUT2D eigenvalue weighted by molar-refractivity contribution is 6.32. The van der Waals surface area contributed by atoms with Gasteiger partial charge in [-0.2, -0.15) is 0 Å². The normalized spacial score (nSPS) is 11.1. The second-order valence-corrected chi connectivity index (χ2v) is 8.48. The van der Waals surface area contributed by atoms with Gasteiger partial charge >= 0.3 is 0 Å². The average molecular weight is 518 g/mol. The number of Topliss-reactive ketones (excluding diaryl/α,β-unsaturated/α-hetero) is 1. The van der Waals surface area contributed by atoms with Crippen LogP contribution in [0.1, 0.15) is 43.8 Å². The molecule has 0 unspecified atom stereocenters. The largest absolute Gasteiger partial charge is 0.395 e. The number of nitrogens with one attached hydrogen (secondary N) is 2. The summed E-state index contributed by atoms with van der Waals surface area (Å²) in [7, 11) is 0. The van der Waals surface area contributed by atoms with E-state index in [-0.39, 0.29) is 50.3 Å². The fourth-order valence-corrected chi connectivity index (χ4v) is 3.55. The first-order valence-corrected chi connectivity index (χ1v) is 12.2. The van der Waals surface area contributed by atoms with Crippen molar-refractivity contribution < 1.29 is 19.5 Å². The van der Waals surface area contributed by atoms with Crippen LogP contribution in [0.15, 0.2) is 77.8 Å². The van der Waals surface area contributed by atoms with Gasteiger partial charge in [0.15, 0.2) is 5.78 Å². The Kier molecular flexibility index (Phi) is 10.8. The zero-order valence-electron chi connectivity index (χ0n) is 20.2. The van der Waals surface area contributed by atoms with Gasteiger partial charge in [-0.3, -0.25) is 19.4 Å². The molecule has 0 heterocycles. The fourth-order valence-electron chi connectivity index (χ4n) is 3.35. The van der Waals surface area contributed by atoms with Gasteiger partial charge in [0.2, 0.25) is 5.91 Å². The van der Waals surface area contributed by atoms with Gasteiger partial charge in [-0.15, -0.1) is 0 Å². The zero-order chi connectivity index (χ0) is 26.5. The Labute approximate surface area is 220 Å². The number of carbonyl (C=O) groups excluding carboxylic acids is 3. The summed E-state index contributed by atoms with van der Waals surface area (Å²) >= 11 is 6.20. The van der Waals surface area contributed by atoms with Gasteiger partial charge in [0.05, 0.1) is 6.61 Å². The summed E-state index contributed by atoms with van der Waals surface area (Å²) in [5.41, 5.74) is 3.62. The molecule has 3 N–H and O–H groups in total. The molecular weight excluding hydrogens is 490 g/mol. The van der Waals surface area contributed by atoms with Crippen LogP contribution in [0.2, 0.25) is 5.02 Å². The standard InChI is InChI=1S/C29H28ClN3O4/c30-26-7-2-1-6-23(26)9-8-21-4-3-5-22(18-21)19-31-20-27(35)24-10-12-25(13-11-24)29(37)33-15-14-28(36)32-16-17-34/h1-13,18-19,34H,14-17,20H2,(H,32,36)(H,33,37)/b9-8+,31-19?. The highest BCUT2D eigenvalue weighted by Gasteiger charge is 2.09. The summed E-state index contributed by atoms with van der Waals surface area (Å²) < 4.78 is 0. The summed E-state index contributed by atoms with van der Waals surface area (Å²) in [5, 5.41) is 14.5. The number of aliphatic imine (C=N–C) groups is 1. The molecule has 0 fully saturated rings. The molecule has 0 atom stereocenters. The first-order valence-electron chi connectivity index (χ1n) is 11.8. The van der Waals surface area contributed by atoms with Crippen LogP contribution in [0.4, 0.5) is 0 Å². The van der Waals surface area contributed by atoms with Crippen LogP contribution < -0.4 is 10.6 Å². The monoisotopic (exact) mass is 517 g/mol. The van der Waals surface area contributed by atoms with Crippen LogP contribution in [0.25, 0.3) is 12.2 Å². The first-order chi connectivity index (χ1) is 18.0. The number of hydrogen-bond donors (Lipinski definition) is 3. The smallest absolute Gasteiger partial charge is 0.251 e. The molecule has 8 heteroatoms. The molecule has 0 aromatic heterocycles. The van der Waals surface area contributed by atoms with Crippen LogP contribution in [-0.4, -0.2) is 55.2 Å². The Hall–Kier alpha value is -4.07. The maximum absolute atomic E-state index is 12.5. The number of nitrogens with zero attached hydrogens (tertiary/aromatic N) is 1. The Bertz CT molecular complexity index is 1290. The average Bonchev–Trinajstić information content (AvgIpc) is 2.91. The van der Waals surface area contributed by atoms with Crippen LogP contribution in [0.3, 0.4) is 0 Å². The molecule has 190 valence electrons. The molecule has 0 saturated heterocycles. The summed E-state index contributed by atoms with van der Waals surface area (Å²) in [5.74, 6) is -0.759. The quantitative estimate of drug-likeness (QED) is 0.191. The van der Waals surface area contributed by atoms with E-state index in [1.165, 1.54) is 0 Å². The number of carbonyl (C=O) groups is 3. The molecule has 0 aliphatic heterocycles. The molecule has 0 radical (unpaired) electrons. The number of aliphatic hydroxyl groups excluding tert-OH is 1. The van der Waals surface area contributed by atoms with E-state index in [1.807, 2.05) is 60.7 Å². The highest BCUT2D eigenvalue weighted by atomic mass is 35.5. The van der Waals surface area contributed by atoms with Gasteiger partial charge in [0.1, 0.15) is 6.54 Å². The minimum atomic E-state index is -0.338. The summed E-state index contributed by atoms with van der Waals surface area (Å²) in [4.78, 5) is 40.5. The molecule has 0 spiro atoms. The molecule has 0 aliphatic carbocycles. The predicted octanol–water partition coefficient (Wildman–Crippen LogP) is 4.04. The van der Waals surface area contributed by atoms with Crippen molar-refractivity contribution in [1.29, 1.82) is 0 Å². The van der Waals surface area contributed by atoms with Crippen molar-refractivity contribution in [3.63, 3.8) is 0 Å². The number of benzene rings is 3. The number of amides is 2. The van der Waals surface area contributed by atoms with Crippen molar-refractivity contribution in [2.45, 2.75) is 6.42 Å². The Morgan fingerprint density at radius 1 is 0.838 bits per heavy atom. The lowest BCUT2D eigenvalue weighted by Gasteiger charge is -2.06. The van der Waals surface area contributed by atoms with Gasteiger partial charge in [-0.05, 0) is 41.0 Å². The Morgan fingerprint density at radius 3 is 2.32 bits per heavy atom. The number of rotatable bonds is 12. The third-order valence-corrected chi connectivity index (χ3v) is 5.63. The first kappa shape index (κ1) is 27.5. The highest BCUT2D eigenvalue weighted by Crippen LogP contribution is 2.18. The molecule has 7 nitrogen and oxygen atoms in total. The van der Waals surface area contributed by atoms with Crippen LogP contribution in [-0.2, 0) is 4.79 Å². The van der Waals surface area contributed by atoms with E-state index in [2.05, 4.69) is 15.6 Å². The third-order valence-electron chi connectivity index (χ3n) is 5.29. The maximum atomic E-state index is 12.5. The maximum Gasteiger partial charge on any atom is 0.251 e. The van der Waals surface area contributed by atoms with Gasteiger partial charge in [0, 0.05) is 41.9 Å². The second-order valence-electron chi connectivity index (χ2n) is 8.07. The fraction of sp³-hybridized carbons (Fsp3) is 0.172. The van der Waals surface area contributed by atoms with Crippen molar-refractivity contribution >= 4 is 47.6 Å². The summed E-state index contributed by atoms with van der Waals surface area (Å²) in [6.45, 7) is 0.196. The SMILES string of the molecule is O=C(CCNC(=O)c1ccc(C(=O)CN=Cc2cccc(/C=C/c3ccccc3Cl)c2)cc1)NCCO. The van der Waals surface area contributed by atoms with E-state index < -0.39 is 0 Å². The van der Waals surface area contributed by atoms with Gasteiger partial charge in [-0.25, -0.2) is 0 Å². The van der Waals surface area contributed by atoms with Crippen molar-refractivity contribution in [3.8, 4) is 0 Å². The van der Waals surface area contributed by atoms with Crippen molar-refractivity contribution in [1.82, 2.24) is 10.6 Å². The number of aliphatic hydroxyl groups is 1. The zero-order valence-corrected chi connectivity index (χ0v) is 20.9.